The number of hydrogen-bond donors (Lipinski definition) is 1. The number of hydrogen-bond acceptors (Lipinski definition) is 2. The molecule has 2 aromatic carbocycles. The van der Waals surface area contributed by atoms with Gasteiger partial charge in [-0.2, -0.15) is 0 Å². The Bertz CT molecular complexity index is 868. The fourth-order valence-electron chi connectivity index (χ4n) is 2.38. The van der Waals surface area contributed by atoms with E-state index in [2.05, 4.69) is 4.98 Å². The van der Waals surface area contributed by atoms with Crippen LogP contribution in [-0.2, 0) is 0 Å². The van der Waals surface area contributed by atoms with Gasteiger partial charge in [-0.1, -0.05) is 6.07 Å². The van der Waals surface area contributed by atoms with Crippen LogP contribution in [0.5, 0.6) is 0 Å². The number of fused-ring (bicyclic) bond motifs is 1. The van der Waals surface area contributed by atoms with Gasteiger partial charge < -0.3 is 5.11 Å². The number of rotatable bonds is 2. The molecule has 0 amide bonds. The summed E-state index contributed by atoms with van der Waals surface area (Å²) < 4.78 is 15.7. The van der Waals surface area contributed by atoms with E-state index in [4.69, 9.17) is 0 Å². The number of carbonyl (C=O) groups is 1. The monoisotopic (exact) mass is 284 g/mol. The first-order chi connectivity index (χ1) is 9.99. The van der Waals surface area contributed by atoms with Gasteiger partial charge in [0.2, 0.25) is 0 Å². The number of nitrogens with zero attached hydrogens (tertiary/aromatic N) is 2. The van der Waals surface area contributed by atoms with Crippen molar-refractivity contribution in [2.75, 3.05) is 0 Å². The van der Waals surface area contributed by atoms with E-state index in [1.165, 1.54) is 29.1 Å². The van der Waals surface area contributed by atoms with Crippen LogP contribution in [0.2, 0.25) is 0 Å². The lowest BCUT2D eigenvalue weighted by atomic mass is 10.1. The zero-order chi connectivity index (χ0) is 15.1. The highest BCUT2D eigenvalue weighted by Gasteiger charge is 2.18. The summed E-state index contributed by atoms with van der Waals surface area (Å²) in [5, 5.41) is 9.26. The van der Waals surface area contributed by atoms with Gasteiger partial charge in [0.05, 0.1) is 22.3 Å². The van der Waals surface area contributed by atoms with Gasteiger partial charge in [0.25, 0.3) is 0 Å². The predicted octanol–water partition coefficient (Wildman–Crippen LogP) is 3.48. The number of carboxylic acids is 1. The molecule has 4 nitrogen and oxygen atoms in total. The third-order valence-electron chi connectivity index (χ3n) is 3.62. The largest absolute Gasteiger partial charge is 0.478 e. The number of para-hydroxylation sites is 1. The molecule has 0 saturated heterocycles. The lowest BCUT2D eigenvalue weighted by Gasteiger charge is -2.10. The van der Waals surface area contributed by atoms with Crippen LogP contribution in [0.25, 0.3) is 16.7 Å². The lowest BCUT2D eigenvalue weighted by Crippen LogP contribution is -2.07. The maximum Gasteiger partial charge on any atom is 0.337 e. The molecule has 1 aromatic heterocycles. The Hall–Kier alpha value is -2.69. The molecule has 0 fully saturated rings. The summed E-state index contributed by atoms with van der Waals surface area (Å²) in [6.07, 6.45) is 1.45. The first-order valence-electron chi connectivity index (χ1n) is 6.45. The van der Waals surface area contributed by atoms with Crippen LogP contribution in [0.15, 0.2) is 36.7 Å². The summed E-state index contributed by atoms with van der Waals surface area (Å²) in [5.41, 5.74) is 3.43. The van der Waals surface area contributed by atoms with Crippen LogP contribution in [0.4, 0.5) is 4.39 Å². The second-order valence-electron chi connectivity index (χ2n) is 4.98. The van der Waals surface area contributed by atoms with E-state index in [-0.39, 0.29) is 11.3 Å². The van der Waals surface area contributed by atoms with E-state index in [1.807, 2.05) is 26.0 Å². The number of halogens is 1. The average molecular weight is 284 g/mol. The Labute approximate surface area is 120 Å². The van der Waals surface area contributed by atoms with E-state index in [9.17, 15) is 14.3 Å². The van der Waals surface area contributed by atoms with Gasteiger partial charge in [0.15, 0.2) is 0 Å². The van der Waals surface area contributed by atoms with Gasteiger partial charge >= 0.3 is 5.97 Å². The third-order valence-corrected chi connectivity index (χ3v) is 3.62. The zero-order valence-electron chi connectivity index (χ0n) is 11.6. The quantitative estimate of drug-likeness (QED) is 0.783. The molecule has 0 spiro atoms. The van der Waals surface area contributed by atoms with E-state index in [0.29, 0.717) is 11.0 Å². The molecule has 21 heavy (non-hydrogen) atoms. The molecular weight excluding hydrogens is 271 g/mol. The van der Waals surface area contributed by atoms with Gasteiger partial charge in [-0.15, -0.1) is 0 Å². The third kappa shape index (κ3) is 2.07. The number of aromatic carboxylic acids is 1. The Balaban J connectivity index is 2.36. The van der Waals surface area contributed by atoms with E-state index >= 15 is 0 Å². The van der Waals surface area contributed by atoms with Crippen LogP contribution in [0.1, 0.15) is 21.5 Å². The second-order valence-corrected chi connectivity index (χ2v) is 4.98. The Morgan fingerprint density at radius 1 is 1.24 bits per heavy atom. The molecule has 1 heterocycles. The smallest absolute Gasteiger partial charge is 0.337 e. The minimum atomic E-state index is -1.17. The van der Waals surface area contributed by atoms with Crippen LogP contribution in [0, 0.1) is 19.7 Å². The number of imidazole rings is 1. The molecular formula is C16H13FN2O2. The minimum absolute atomic E-state index is 0.00996. The molecule has 0 aliphatic carbocycles. The fourth-order valence-corrected chi connectivity index (χ4v) is 2.38. The SMILES string of the molecule is Cc1cc2ncn(-c3c(F)cccc3C(=O)O)c2cc1C. The molecule has 5 heteroatoms. The van der Waals surface area contributed by atoms with Gasteiger partial charge in [0.1, 0.15) is 12.1 Å². The second kappa shape index (κ2) is 4.70. The summed E-state index contributed by atoms with van der Waals surface area (Å²) in [6.45, 7) is 3.92. The molecule has 0 saturated carbocycles. The van der Waals surface area contributed by atoms with Crippen molar-refractivity contribution in [3.05, 3.63) is 59.2 Å². The number of benzene rings is 2. The lowest BCUT2D eigenvalue weighted by molar-refractivity contribution is 0.0696. The van der Waals surface area contributed by atoms with Gasteiger partial charge in [-0.3, -0.25) is 4.57 Å². The van der Waals surface area contributed by atoms with Crippen LogP contribution in [-0.4, -0.2) is 20.6 Å². The van der Waals surface area contributed by atoms with E-state index < -0.39 is 11.8 Å². The maximum absolute atomic E-state index is 14.2. The summed E-state index contributed by atoms with van der Waals surface area (Å²) in [5.74, 6) is -1.76. The molecule has 0 aliphatic rings. The Kier molecular flexibility index (Phi) is 2.97. The minimum Gasteiger partial charge on any atom is -0.478 e. The fraction of sp³-hybridized carbons (Fsp3) is 0.125. The van der Waals surface area contributed by atoms with E-state index in [0.717, 1.165) is 11.1 Å². The van der Waals surface area contributed by atoms with Crippen molar-refractivity contribution in [3.8, 4) is 5.69 Å². The van der Waals surface area contributed by atoms with Crippen molar-refractivity contribution in [2.45, 2.75) is 13.8 Å². The molecule has 1 N–H and O–H groups in total. The molecule has 0 aliphatic heterocycles. The Morgan fingerprint density at radius 3 is 2.67 bits per heavy atom. The topological polar surface area (TPSA) is 55.1 Å². The molecule has 106 valence electrons. The van der Waals surface area contributed by atoms with Crippen molar-refractivity contribution in [1.29, 1.82) is 0 Å². The van der Waals surface area contributed by atoms with Crippen molar-refractivity contribution < 1.29 is 14.3 Å². The first-order valence-corrected chi connectivity index (χ1v) is 6.45. The maximum atomic E-state index is 14.2. The van der Waals surface area contributed by atoms with Gasteiger partial charge in [0, 0.05) is 0 Å². The molecule has 0 bridgehead atoms. The van der Waals surface area contributed by atoms with Crippen molar-refractivity contribution in [3.63, 3.8) is 0 Å². The highest BCUT2D eigenvalue weighted by atomic mass is 19.1. The first kappa shape index (κ1) is 13.3. The summed E-state index contributed by atoms with van der Waals surface area (Å²) in [4.78, 5) is 15.6. The van der Waals surface area contributed by atoms with Crippen LogP contribution < -0.4 is 0 Å². The summed E-state index contributed by atoms with van der Waals surface area (Å²) in [6, 6.07) is 7.80. The molecule has 0 unspecified atom stereocenters. The zero-order valence-corrected chi connectivity index (χ0v) is 11.6. The molecule has 0 atom stereocenters. The van der Waals surface area contributed by atoms with E-state index in [1.54, 1.807) is 0 Å². The molecule has 3 rings (SSSR count). The summed E-state index contributed by atoms with van der Waals surface area (Å²) in [7, 11) is 0. The Morgan fingerprint density at radius 2 is 1.95 bits per heavy atom. The number of carboxylic acid groups (broad SMARTS) is 1. The van der Waals surface area contributed by atoms with Crippen LogP contribution in [0.3, 0.4) is 0 Å². The number of aromatic nitrogens is 2. The van der Waals surface area contributed by atoms with Crippen LogP contribution >= 0.6 is 0 Å². The van der Waals surface area contributed by atoms with Gasteiger partial charge in [-0.05, 0) is 49.2 Å². The standard InChI is InChI=1S/C16H13FN2O2/c1-9-6-13-14(7-10(9)2)19(8-18-13)15-11(16(20)21)4-3-5-12(15)17/h3-8H,1-2H3,(H,20,21). The average Bonchev–Trinajstić information content (AvgIpc) is 2.81. The predicted molar refractivity (Wildman–Crippen MR) is 77.5 cm³/mol. The highest BCUT2D eigenvalue weighted by Crippen LogP contribution is 2.25. The number of aryl methyl sites for hydroxylation is 2. The highest BCUT2D eigenvalue weighted by molar-refractivity contribution is 5.93. The summed E-state index contributed by atoms with van der Waals surface area (Å²) >= 11 is 0. The van der Waals surface area contributed by atoms with Crippen molar-refractivity contribution >= 4 is 17.0 Å². The van der Waals surface area contributed by atoms with Crippen molar-refractivity contribution in [1.82, 2.24) is 9.55 Å². The molecule has 0 radical (unpaired) electrons. The van der Waals surface area contributed by atoms with Gasteiger partial charge in [-0.25, -0.2) is 14.2 Å². The molecule has 3 aromatic rings. The van der Waals surface area contributed by atoms with Crippen molar-refractivity contribution in [2.24, 2.45) is 0 Å². The normalized spacial score (nSPS) is 11.0.